The van der Waals surface area contributed by atoms with Crippen LogP contribution in [0.3, 0.4) is 0 Å². The first kappa shape index (κ1) is 11.6. The lowest BCUT2D eigenvalue weighted by atomic mass is 10.00. The van der Waals surface area contributed by atoms with Gasteiger partial charge in [-0.3, -0.25) is 4.90 Å². The van der Waals surface area contributed by atoms with Crippen molar-refractivity contribution in [1.29, 1.82) is 5.26 Å². The van der Waals surface area contributed by atoms with Gasteiger partial charge >= 0.3 is 0 Å². The summed E-state index contributed by atoms with van der Waals surface area (Å²) in [7, 11) is 0. The Morgan fingerprint density at radius 3 is 3.11 bits per heavy atom. The van der Waals surface area contributed by atoms with Crippen molar-refractivity contribution in [3.05, 3.63) is 29.6 Å². The fraction of sp³-hybridized carbons (Fsp3) is 0.571. The molecule has 2 heterocycles. The van der Waals surface area contributed by atoms with Gasteiger partial charge in [-0.05, 0) is 24.8 Å². The van der Waals surface area contributed by atoms with E-state index in [9.17, 15) is 5.11 Å². The molecule has 0 aromatic carbocycles. The molecule has 1 N–H and O–H groups in total. The second kappa shape index (κ2) is 4.68. The van der Waals surface area contributed by atoms with Crippen molar-refractivity contribution in [3.63, 3.8) is 0 Å². The maximum Gasteiger partial charge on any atom is 0.144 e. The Morgan fingerprint density at radius 2 is 2.33 bits per heavy atom. The summed E-state index contributed by atoms with van der Waals surface area (Å²) in [5.74, 6) is 1.08. The van der Waals surface area contributed by atoms with E-state index in [0.29, 0.717) is 17.5 Å². The summed E-state index contributed by atoms with van der Waals surface area (Å²) in [5.41, 5.74) is 1.52. The van der Waals surface area contributed by atoms with Gasteiger partial charge in [0.05, 0.1) is 6.10 Å². The molecule has 2 aliphatic rings. The van der Waals surface area contributed by atoms with E-state index in [1.165, 1.54) is 0 Å². The summed E-state index contributed by atoms with van der Waals surface area (Å²) in [6.07, 6.45) is 3.63. The standard InChI is InChI=1S/C14H17N3O/c15-6-13-11(2-1-5-16-13)8-17-7-10-3-4-14(18)12(10)9-17/h1-2,5,10,12,14,18H,3-4,7-9H2. The van der Waals surface area contributed by atoms with E-state index in [2.05, 4.69) is 16.0 Å². The molecule has 4 nitrogen and oxygen atoms in total. The summed E-state index contributed by atoms with van der Waals surface area (Å²) in [4.78, 5) is 6.43. The van der Waals surface area contributed by atoms with Crippen LogP contribution in [-0.2, 0) is 6.54 Å². The van der Waals surface area contributed by atoms with Gasteiger partial charge in [0, 0.05) is 37.3 Å². The van der Waals surface area contributed by atoms with Crippen molar-refractivity contribution < 1.29 is 5.11 Å². The van der Waals surface area contributed by atoms with Gasteiger partial charge in [-0.2, -0.15) is 5.26 Å². The van der Waals surface area contributed by atoms with Gasteiger partial charge in [0.25, 0.3) is 0 Å². The highest BCUT2D eigenvalue weighted by molar-refractivity contribution is 5.30. The number of hydrogen-bond acceptors (Lipinski definition) is 4. The Bertz CT molecular complexity index is 482. The van der Waals surface area contributed by atoms with Crippen LogP contribution >= 0.6 is 0 Å². The van der Waals surface area contributed by atoms with Crippen molar-refractivity contribution in [2.75, 3.05) is 13.1 Å². The molecule has 1 aliphatic heterocycles. The third kappa shape index (κ3) is 2.00. The quantitative estimate of drug-likeness (QED) is 0.846. The first-order chi connectivity index (χ1) is 8.78. The average Bonchev–Trinajstić information content (AvgIpc) is 2.93. The van der Waals surface area contributed by atoms with Crippen molar-refractivity contribution in [2.24, 2.45) is 11.8 Å². The molecule has 94 valence electrons. The lowest BCUT2D eigenvalue weighted by Crippen LogP contribution is -2.24. The predicted octanol–water partition coefficient (Wildman–Crippen LogP) is 1.16. The fourth-order valence-corrected chi connectivity index (χ4v) is 3.37. The van der Waals surface area contributed by atoms with E-state index in [-0.39, 0.29) is 6.10 Å². The van der Waals surface area contributed by atoms with Gasteiger partial charge in [-0.25, -0.2) is 4.98 Å². The smallest absolute Gasteiger partial charge is 0.144 e. The molecule has 18 heavy (non-hydrogen) atoms. The zero-order valence-electron chi connectivity index (χ0n) is 10.3. The van der Waals surface area contributed by atoms with Crippen LogP contribution in [0.1, 0.15) is 24.1 Å². The Labute approximate surface area is 107 Å². The topological polar surface area (TPSA) is 60.2 Å². The molecule has 1 saturated carbocycles. The minimum absolute atomic E-state index is 0.121. The third-order valence-corrected chi connectivity index (χ3v) is 4.29. The molecular formula is C14H17N3O. The minimum Gasteiger partial charge on any atom is -0.393 e. The van der Waals surface area contributed by atoms with Crippen LogP contribution in [0.4, 0.5) is 0 Å². The number of pyridine rings is 1. The van der Waals surface area contributed by atoms with E-state index in [1.807, 2.05) is 12.1 Å². The normalized spacial score (nSPS) is 31.2. The lowest BCUT2D eigenvalue weighted by Gasteiger charge is -2.18. The van der Waals surface area contributed by atoms with Crippen molar-refractivity contribution in [1.82, 2.24) is 9.88 Å². The molecule has 1 aromatic heterocycles. The van der Waals surface area contributed by atoms with Gasteiger partial charge in [0.1, 0.15) is 11.8 Å². The van der Waals surface area contributed by atoms with Crippen LogP contribution < -0.4 is 0 Å². The molecule has 2 fully saturated rings. The van der Waals surface area contributed by atoms with Gasteiger partial charge in [0.15, 0.2) is 0 Å². The molecule has 3 atom stereocenters. The first-order valence-electron chi connectivity index (χ1n) is 6.52. The van der Waals surface area contributed by atoms with E-state index in [1.54, 1.807) is 6.20 Å². The number of rotatable bonds is 2. The largest absolute Gasteiger partial charge is 0.393 e. The number of likely N-dealkylation sites (tertiary alicyclic amines) is 1. The van der Waals surface area contributed by atoms with Gasteiger partial charge in [-0.1, -0.05) is 6.07 Å². The van der Waals surface area contributed by atoms with Gasteiger partial charge < -0.3 is 5.11 Å². The molecule has 0 spiro atoms. The summed E-state index contributed by atoms with van der Waals surface area (Å²) in [6.45, 7) is 2.77. The zero-order chi connectivity index (χ0) is 12.5. The van der Waals surface area contributed by atoms with Gasteiger partial charge in [-0.15, -0.1) is 0 Å². The number of aromatic nitrogens is 1. The van der Waals surface area contributed by atoms with E-state index in [0.717, 1.165) is 38.0 Å². The highest BCUT2D eigenvalue weighted by Crippen LogP contribution is 2.38. The van der Waals surface area contributed by atoms with Crippen molar-refractivity contribution in [2.45, 2.75) is 25.5 Å². The van der Waals surface area contributed by atoms with Crippen LogP contribution in [0.15, 0.2) is 18.3 Å². The number of aliphatic hydroxyl groups excluding tert-OH is 1. The Balaban J connectivity index is 1.70. The van der Waals surface area contributed by atoms with E-state index < -0.39 is 0 Å². The molecule has 3 rings (SSSR count). The van der Waals surface area contributed by atoms with Gasteiger partial charge in [0.2, 0.25) is 0 Å². The first-order valence-corrected chi connectivity index (χ1v) is 6.52. The molecular weight excluding hydrogens is 226 g/mol. The Morgan fingerprint density at radius 1 is 1.44 bits per heavy atom. The maximum absolute atomic E-state index is 9.89. The predicted molar refractivity (Wildman–Crippen MR) is 66.4 cm³/mol. The summed E-state index contributed by atoms with van der Waals surface area (Å²) < 4.78 is 0. The molecule has 0 radical (unpaired) electrons. The SMILES string of the molecule is N#Cc1ncccc1CN1CC2CCC(O)C2C1. The second-order valence-electron chi connectivity index (χ2n) is 5.39. The summed E-state index contributed by atoms with van der Waals surface area (Å²) >= 11 is 0. The third-order valence-electron chi connectivity index (χ3n) is 4.29. The number of nitriles is 1. The van der Waals surface area contributed by atoms with Crippen LogP contribution in [-0.4, -0.2) is 34.2 Å². The van der Waals surface area contributed by atoms with E-state index >= 15 is 0 Å². The summed E-state index contributed by atoms with van der Waals surface area (Å²) in [6, 6.07) is 5.99. The minimum atomic E-state index is -0.121. The molecule has 1 saturated heterocycles. The molecule has 0 amide bonds. The molecule has 0 bridgehead atoms. The monoisotopic (exact) mass is 243 g/mol. The average molecular weight is 243 g/mol. The number of hydrogen-bond donors (Lipinski definition) is 1. The van der Waals surface area contributed by atoms with Crippen LogP contribution in [0.25, 0.3) is 0 Å². The van der Waals surface area contributed by atoms with Crippen molar-refractivity contribution in [3.8, 4) is 6.07 Å². The Hall–Kier alpha value is -1.44. The number of fused-ring (bicyclic) bond motifs is 1. The summed E-state index contributed by atoms with van der Waals surface area (Å²) in [5, 5.41) is 18.9. The number of nitrogens with zero attached hydrogens (tertiary/aromatic N) is 3. The lowest BCUT2D eigenvalue weighted by molar-refractivity contribution is 0.123. The second-order valence-corrected chi connectivity index (χ2v) is 5.39. The zero-order valence-corrected chi connectivity index (χ0v) is 10.3. The van der Waals surface area contributed by atoms with Crippen molar-refractivity contribution >= 4 is 0 Å². The Kier molecular flexibility index (Phi) is 3.02. The van der Waals surface area contributed by atoms with Crippen LogP contribution in [0.2, 0.25) is 0 Å². The maximum atomic E-state index is 9.89. The van der Waals surface area contributed by atoms with E-state index in [4.69, 9.17) is 5.26 Å². The highest BCUT2D eigenvalue weighted by atomic mass is 16.3. The fourth-order valence-electron chi connectivity index (χ4n) is 3.37. The van der Waals surface area contributed by atoms with Crippen LogP contribution in [0.5, 0.6) is 0 Å². The molecule has 1 aliphatic carbocycles. The highest BCUT2D eigenvalue weighted by Gasteiger charge is 2.41. The molecule has 4 heteroatoms. The molecule has 3 unspecified atom stereocenters. The number of aliphatic hydroxyl groups is 1. The van der Waals surface area contributed by atoms with Crippen LogP contribution in [0, 0.1) is 23.2 Å². The molecule has 1 aromatic rings.